The van der Waals surface area contributed by atoms with Gasteiger partial charge in [0.25, 0.3) is 5.91 Å². The fraction of sp³-hybridized carbons (Fsp3) is 0.391. The number of halogens is 1. The molecule has 4 rings (SSSR count). The number of pyridine rings is 2. The fourth-order valence-corrected chi connectivity index (χ4v) is 3.68. The molecule has 9 nitrogen and oxygen atoms in total. The van der Waals surface area contributed by atoms with E-state index in [1.54, 1.807) is 58.4 Å². The topological polar surface area (TPSA) is 101 Å². The molecule has 3 aromatic heterocycles. The lowest BCUT2D eigenvalue weighted by Gasteiger charge is -2.24. The van der Waals surface area contributed by atoms with Crippen molar-refractivity contribution in [2.24, 2.45) is 0 Å². The van der Waals surface area contributed by atoms with Crippen LogP contribution in [0.15, 0.2) is 42.7 Å². The second kappa shape index (κ2) is 8.68. The molecule has 33 heavy (non-hydrogen) atoms. The number of aromatic nitrogens is 3. The Labute approximate surface area is 191 Å². The van der Waals surface area contributed by atoms with Gasteiger partial charge in [-0.2, -0.15) is 0 Å². The molecule has 1 aliphatic rings. The van der Waals surface area contributed by atoms with E-state index in [1.165, 1.54) is 4.90 Å². The second-order valence-electron chi connectivity index (χ2n) is 8.93. The molecule has 2 N–H and O–H groups in total. The van der Waals surface area contributed by atoms with Crippen LogP contribution in [0.1, 0.15) is 31.1 Å². The van der Waals surface area contributed by atoms with Gasteiger partial charge in [-0.1, -0.05) is 6.07 Å². The number of likely N-dealkylation sites (tertiary alicyclic amines) is 1. The summed E-state index contributed by atoms with van der Waals surface area (Å²) in [5, 5.41) is 5.69. The maximum absolute atomic E-state index is 14.6. The molecule has 0 unspecified atom stereocenters. The first kappa shape index (κ1) is 22.5. The average Bonchev–Trinajstić information content (AvgIpc) is 3.35. The molecule has 1 fully saturated rings. The zero-order chi connectivity index (χ0) is 23.8. The van der Waals surface area contributed by atoms with Crippen LogP contribution in [0.25, 0.3) is 17.0 Å². The summed E-state index contributed by atoms with van der Waals surface area (Å²) in [5.74, 6) is 0.298. The first-order valence-electron chi connectivity index (χ1n) is 10.7. The summed E-state index contributed by atoms with van der Waals surface area (Å²) in [7, 11) is 1.57. The minimum atomic E-state index is -1.25. The second-order valence-corrected chi connectivity index (χ2v) is 8.93. The highest BCUT2D eigenvalue weighted by molar-refractivity contribution is 5.94. The first-order valence-corrected chi connectivity index (χ1v) is 10.7. The highest BCUT2D eigenvalue weighted by Crippen LogP contribution is 2.24. The van der Waals surface area contributed by atoms with Crippen LogP contribution in [0.4, 0.5) is 15.0 Å². The molecule has 2 atom stereocenters. The quantitative estimate of drug-likeness (QED) is 0.628. The van der Waals surface area contributed by atoms with Crippen LogP contribution in [0, 0.1) is 0 Å². The van der Waals surface area contributed by atoms with E-state index in [1.807, 2.05) is 16.5 Å². The van der Waals surface area contributed by atoms with Crippen LogP contribution in [-0.2, 0) is 4.74 Å². The number of anilines is 1. The SMILES string of the molecule is CNC(=O)c1ccn2c(-c3cccc(N[C@H]4CN(C(=O)OC(C)(C)C)C[C@@H]4F)n3)cnc2c1. The minimum absolute atomic E-state index is 0.0345. The summed E-state index contributed by atoms with van der Waals surface area (Å²) in [6.07, 6.45) is 1.66. The molecule has 0 radical (unpaired) electrons. The van der Waals surface area contributed by atoms with Gasteiger partial charge >= 0.3 is 6.09 Å². The van der Waals surface area contributed by atoms with E-state index in [4.69, 9.17) is 4.74 Å². The summed E-state index contributed by atoms with van der Waals surface area (Å²) in [5.41, 5.74) is 1.85. The Balaban J connectivity index is 1.51. The van der Waals surface area contributed by atoms with Gasteiger partial charge in [-0.25, -0.2) is 19.2 Å². The number of alkyl halides is 1. The summed E-state index contributed by atoms with van der Waals surface area (Å²) >= 11 is 0. The lowest BCUT2D eigenvalue weighted by molar-refractivity contribution is 0.0283. The monoisotopic (exact) mass is 454 g/mol. The zero-order valence-electron chi connectivity index (χ0n) is 19.0. The van der Waals surface area contributed by atoms with Gasteiger partial charge in [0, 0.05) is 25.4 Å². The van der Waals surface area contributed by atoms with E-state index in [0.717, 1.165) is 5.69 Å². The van der Waals surface area contributed by atoms with Crippen molar-refractivity contribution in [1.82, 2.24) is 24.6 Å². The summed E-state index contributed by atoms with van der Waals surface area (Å²) < 4.78 is 21.8. The molecule has 0 saturated carbocycles. The Bertz CT molecular complexity index is 1190. The smallest absolute Gasteiger partial charge is 0.410 e. The molecule has 0 aromatic carbocycles. The minimum Gasteiger partial charge on any atom is -0.444 e. The van der Waals surface area contributed by atoms with Crippen molar-refractivity contribution in [3.8, 4) is 11.4 Å². The van der Waals surface area contributed by atoms with E-state index < -0.39 is 23.9 Å². The molecule has 10 heteroatoms. The molecular weight excluding hydrogens is 427 g/mol. The number of imidazole rings is 1. The maximum atomic E-state index is 14.6. The number of nitrogens with zero attached hydrogens (tertiary/aromatic N) is 4. The van der Waals surface area contributed by atoms with Crippen molar-refractivity contribution in [2.75, 3.05) is 25.5 Å². The molecule has 0 aliphatic carbocycles. The molecular formula is C23H27FN6O3. The predicted octanol–water partition coefficient (Wildman–Crippen LogP) is 3.13. The van der Waals surface area contributed by atoms with Crippen molar-refractivity contribution in [1.29, 1.82) is 0 Å². The van der Waals surface area contributed by atoms with Crippen LogP contribution < -0.4 is 10.6 Å². The van der Waals surface area contributed by atoms with Crippen LogP contribution in [0.5, 0.6) is 0 Å². The van der Waals surface area contributed by atoms with Crippen molar-refractivity contribution < 1.29 is 18.7 Å². The van der Waals surface area contributed by atoms with E-state index >= 15 is 0 Å². The highest BCUT2D eigenvalue weighted by Gasteiger charge is 2.37. The Morgan fingerprint density at radius 2 is 2.00 bits per heavy atom. The largest absolute Gasteiger partial charge is 0.444 e. The van der Waals surface area contributed by atoms with Crippen LogP contribution in [0.3, 0.4) is 0 Å². The normalized spacial score (nSPS) is 18.4. The number of nitrogens with one attached hydrogen (secondary N) is 2. The van der Waals surface area contributed by atoms with Crippen LogP contribution in [0.2, 0.25) is 0 Å². The number of fused-ring (bicyclic) bond motifs is 1. The summed E-state index contributed by atoms with van der Waals surface area (Å²) in [6.45, 7) is 5.47. The fourth-order valence-electron chi connectivity index (χ4n) is 3.68. The molecule has 0 spiro atoms. The van der Waals surface area contributed by atoms with Crippen molar-refractivity contribution >= 4 is 23.5 Å². The lowest BCUT2D eigenvalue weighted by Crippen LogP contribution is -2.36. The lowest BCUT2D eigenvalue weighted by atomic mass is 10.2. The van der Waals surface area contributed by atoms with E-state index in [-0.39, 0.29) is 19.0 Å². The maximum Gasteiger partial charge on any atom is 0.410 e. The van der Waals surface area contributed by atoms with Crippen molar-refractivity contribution in [3.63, 3.8) is 0 Å². The third kappa shape index (κ3) is 4.89. The van der Waals surface area contributed by atoms with Crippen LogP contribution in [-0.4, -0.2) is 69.2 Å². The zero-order valence-corrected chi connectivity index (χ0v) is 19.0. The molecule has 174 valence electrons. The number of hydrogen-bond acceptors (Lipinski definition) is 6. The molecule has 3 aromatic rings. The molecule has 1 saturated heterocycles. The number of carbonyl (C=O) groups is 2. The molecule has 0 bridgehead atoms. The Kier molecular flexibility index (Phi) is 5.92. The van der Waals surface area contributed by atoms with Gasteiger partial charge in [0.15, 0.2) is 0 Å². The molecule has 1 aliphatic heterocycles. The van der Waals surface area contributed by atoms with Gasteiger partial charge in [0.1, 0.15) is 23.2 Å². The third-order valence-corrected chi connectivity index (χ3v) is 5.25. The number of ether oxygens (including phenoxy) is 1. The van der Waals surface area contributed by atoms with Gasteiger partial charge in [0.2, 0.25) is 0 Å². The number of rotatable bonds is 4. The number of amides is 2. The van der Waals surface area contributed by atoms with Crippen LogP contribution >= 0.6 is 0 Å². The Hall–Kier alpha value is -3.69. The third-order valence-electron chi connectivity index (χ3n) is 5.25. The van der Waals surface area contributed by atoms with E-state index in [9.17, 15) is 14.0 Å². The van der Waals surface area contributed by atoms with E-state index in [0.29, 0.717) is 22.7 Å². The first-order chi connectivity index (χ1) is 15.6. The van der Waals surface area contributed by atoms with E-state index in [2.05, 4.69) is 20.6 Å². The summed E-state index contributed by atoms with van der Waals surface area (Å²) in [6, 6.07) is 8.20. The van der Waals surface area contributed by atoms with Crippen molar-refractivity contribution in [3.05, 3.63) is 48.3 Å². The number of hydrogen-bond donors (Lipinski definition) is 2. The standard InChI is InChI=1S/C23H27FN6O3/c1-23(2,3)33-22(32)29-12-15(24)17(13-29)28-19-7-5-6-16(27-19)18-11-26-20-10-14(21(31)25-4)8-9-30(18)20/h5-11,15,17H,12-13H2,1-4H3,(H,25,31)(H,27,28)/t15-,17-/m0/s1. The van der Waals surface area contributed by atoms with Gasteiger partial charge in [0.05, 0.1) is 30.2 Å². The van der Waals surface area contributed by atoms with Gasteiger partial charge < -0.3 is 20.3 Å². The Morgan fingerprint density at radius 3 is 2.73 bits per heavy atom. The predicted molar refractivity (Wildman–Crippen MR) is 122 cm³/mol. The van der Waals surface area contributed by atoms with Gasteiger partial charge in [-0.15, -0.1) is 0 Å². The Morgan fingerprint density at radius 1 is 1.21 bits per heavy atom. The molecule has 4 heterocycles. The van der Waals surface area contributed by atoms with Crippen molar-refractivity contribution in [2.45, 2.75) is 38.6 Å². The highest BCUT2D eigenvalue weighted by atomic mass is 19.1. The molecule has 2 amide bonds. The number of carbonyl (C=O) groups excluding carboxylic acids is 2. The summed E-state index contributed by atoms with van der Waals surface area (Å²) in [4.78, 5) is 34.5. The van der Waals surface area contributed by atoms with Gasteiger partial charge in [-0.05, 0) is 45.0 Å². The average molecular weight is 455 g/mol. The van der Waals surface area contributed by atoms with Gasteiger partial charge in [-0.3, -0.25) is 9.20 Å².